The number of allylic oxidation sites excluding steroid dienone is 7. The van der Waals surface area contributed by atoms with Gasteiger partial charge in [-0.1, -0.05) is 116 Å². The number of aryl methyl sites for hydroxylation is 1. The van der Waals surface area contributed by atoms with E-state index in [1.807, 2.05) is 75.4 Å². The molecule has 1 aromatic rings. The van der Waals surface area contributed by atoms with Crippen LogP contribution in [0.25, 0.3) is 0 Å². The molecule has 4 unspecified atom stereocenters. The summed E-state index contributed by atoms with van der Waals surface area (Å²) in [5, 5.41) is 0. The van der Waals surface area contributed by atoms with Gasteiger partial charge < -0.3 is 52.1 Å². The van der Waals surface area contributed by atoms with Gasteiger partial charge in [0.25, 0.3) is 0 Å². The molecule has 9 atom stereocenters. The molecular weight excluding hydrogens is 757 g/mol. The second-order valence-electron chi connectivity index (χ2n) is 14.8. The summed E-state index contributed by atoms with van der Waals surface area (Å²) in [7, 11) is 9.61. The van der Waals surface area contributed by atoms with Gasteiger partial charge in [0.2, 0.25) is 0 Å². The molecular formula is C47H72O12. The molecule has 1 aromatic carbocycles. The maximum absolute atomic E-state index is 13.5. The van der Waals surface area contributed by atoms with Gasteiger partial charge in [-0.05, 0) is 45.1 Å². The number of carbonyl (C=O) groups excluding carboxylic acids is 1. The quantitative estimate of drug-likeness (QED) is 0.119. The summed E-state index contributed by atoms with van der Waals surface area (Å²) < 4.78 is 64.3. The van der Waals surface area contributed by atoms with Crippen molar-refractivity contribution in [1.82, 2.24) is 0 Å². The Morgan fingerprint density at radius 2 is 1.27 bits per heavy atom. The fourth-order valence-electron chi connectivity index (χ4n) is 6.72. The lowest BCUT2D eigenvalue weighted by Gasteiger charge is -2.34. The van der Waals surface area contributed by atoms with Crippen LogP contribution in [0.5, 0.6) is 0 Å². The lowest BCUT2D eigenvalue weighted by Crippen LogP contribution is -2.48. The van der Waals surface area contributed by atoms with Gasteiger partial charge in [0.05, 0.1) is 25.4 Å². The van der Waals surface area contributed by atoms with E-state index in [9.17, 15) is 4.79 Å². The van der Waals surface area contributed by atoms with Crippen LogP contribution in [-0.4, -0.2) is 118 Å². The number of rotatable bonds is 16. The fourth-order valence-corrected chi connectivity index (χ4v) is 6.72. The molecule has 1 aliphatic rings. The number of methoxy groups -OCH3 is 6. The Morgan fingerprint density at radius 1 is 0.644 bits per heavy atom. The second kappa shape index (κ2) is 30.7. The number of benzene rings is 1. The van der Waals surface area contributed by atoms with Gasteiger partial charge in [-0.15, -0.1) is 0 Å². The summed E-state index contributed by atoms with van der Waals surface area (Å²) in [6.07, 6.45) is 17.8. The topological polar surface area (TPSA) is 119 Å². The van der Waals surface area contributed by atoms with Gasteiger partial charge in [-0.2, -0.15) is 0 Å². The summed E-state index contributed by atoms with van der Waals surface area (Å²) >= 11 is 0. The minimum absolute atomic E-state index is 0.00540. The lowest BCUT2D eigenvalue weighted by atomic mass is 9.93. The largest absolute Gasteiger partial charge is 0.454 e. The Bertz CT molecular complexity index is 1470. The number of ether oxygens (including phenoxy) is 11. The zero-order valence-corrected chi connectivity index (χ0v) is 37.3. The number of carbonyl (C=O) groups is 1. The van der Waals surface area contributed by atoms with Crippen molar-refractivity contribution in [2.75, 3.05) is 69.6 Å². The molecule has 0 spiro atoms. The van der Waals surface area contributed by atoms with Crippen LogP contribution in [0.4, 0.5) is 0 Å². The van der Waals surface area contributed by atoms with Crippen LogP contribution in [-0.2, 0) is 63.5 Å². The first-order valence-corrected chi connectivity index (χ1v) is 20.3. The monoisotopic (exact) mass is 829 g/mol. The average Bonchev–Trinajstić information content (AvgIpc) is 3.21. The van der Waals surface area contributed by atoms with E-state index in [-0.39, 0.29) is 45.1 Å². The maximum atomic E-state index is 13.5. The SMILES string of the molecule is COCOC1/C=C/C(C)=C/[C@@H](C)[C@@H](OCOC)C(OC)[C@H](COCc2ccc(C)cc2)OC(=O)/C=C/C=C/C(OC)[C@H](OCOC)/C=C/C(C)=C/C(C)CCC[C@@H]1OC. The van der Waals surface area contributed by atoms with Crippen molar-refractivity contribution < 1.29 is 56.9 Å². The highest BCUT2D eigenvalue weighted by atomic mass is 16.7. The van der Waals surface area contributed by atoms with E-state index < -0.39 is 36.5 Å². The number of hydrogen-bond donors (Lipinski definition) is 0. The number of esters is 1. The van der Waals surface area contributed by atoms with Crippen LogP contribution in [0.15, 0.2) is 96.2 Å². The third-order valence-electron chi connectivity index (χ3n) is 9.78. The molecule has 0 radical (unpaired) electrons. The molecule has 2 rings (SSSR count). The predicted octanol–water partition coefficient (Wildman–Crippen LogP) is 8.01. The fraction of sp³-hybridized carbons (Fsp3) is 0.596. The van der Waals surface area contributed by atoms with Crippen LogP contribution in [0.1, 0.15) is 58.1 Å². The minimum atomic E-state index is -0.851. The molecule has 12 heteroatoms. The van der Waals surface area contributed by atoms with Gasteiger partial charge in [0.1, 0.15) is 44.8 Å². The van der Waals surface area contributed by atoms with Gasteiger partial charge in [-0.3, -0.25) is 0 Å². The lowest BCUT2D eigenvalue weighted by molar-refractivity contribution is -0.185. The highest BCUT2D eigenvalue weighted by Gasteiger charge is 2.36. The standard InChI is InChI=1S/C47H72O12/c1-34-19-23-39(24-20-34)29-55-30-44-47(54-11)46(58-33-51-8)38(5)28-37(4)22-26-43(57-32-50-7)41(53-10)17-14-15-35(2)27-36(3)21-25-42(56-31-49-6)40(52-9)16-12-13-18-45(48)59-44/h12-13,16,18-28,35,38,40-44,46-47H,14-15,17,29-33H2,1-11H3/b16-12+,18-13+,25-21+,26-22+,36-27+,37-28+/t35?,38-,40?,41+,42-,43?,44+,46-,47?/m1/s1. The molecule has 12 nitrogen and oxygen atoms in total. The molecule has 0 saturated carbocycles. The van der Waals surface area contributed by atoms with Gasteiger partial charge in [0.15, 0.2) is 6.10 Å². The molecule has 0 aromatic heterocycles. The van der Waals surface area contributed by atoms with E-state index in [1.165, 1.54) is 6.08 Å². The van der Waals surface area contributed by atoms with Crippen molar-refractivity contribution in [3.05, 3.63) is 107 Å². The Hall–Kier alpha value is -3.27. The molecule has 0 bridgehead atoms. The molecule has 0 fully saturated rings. The summed E-state index contributed by atoms with van der Waals surface area (Å²) in [5.41, 5.74) is 4.20. The molecule has 59 heavy (non-hydrogen) atoms. The molecule has 1 heterocycles. The van der Waals surface area contributed by atoms with Crippen molar-refractivity contribution in [3.8, 4) is 0 Å². The first-order chi connectivity index (χ1) is 28.5. The molecule has 0 saturated heterocycles. The maximum Gasteiger partial charge on any atom is 0.331 e. The molecule has 332 valence electrons. The van der Waals surface area contributed by atoms with Gasteiger partial charge in [-0.25, -0.2) is 4.79 Å². The smallest absolute Gasteiger partial charge is 0.331 e. The number of cyclic esters (lactones) is 1. The van der Waals surface area contributed by atoms with E-state index >= 15 is 0 Å². The van der Waals surface area contributed by atoms with E-state index in [4.69, 9.17) is 52.1 Å². The minimum Gasteiger partial charge on any atom is -0.454 e. The third kappa shape index (κ3) is 20.7. The Labute approximate surface area is 354 Å². The van der Waals surface area contributed by atoms with Crippen LogP contribution in [0.2, 0.25) is 0 Å². The predicted molar refractivity (Wildman–Crippen MR) is 230 cm³/mol. The van der Waals surface area contributed by atoms with Crippen molar-refractivity contribution >= 4 is 5.97 Å². The second-order valence-corrected chi connectivity index (χ2v) is 14.8. The summed E-state index contributed by atoms with van der Waals surface area (Å²) in [6, 6.07) is 8.07. The first-order valence-electron chi connectivity index (χ1n) is 20.3. The third-order valence-corrected chi connectivity index (χ3v) is 9.78. The van der Waals surface area contributed by atoms with E-state index in [0.717, 1.165) is 41.5 Å². The van der Waals surface area contributed by atoms with Crippen molar-refractivity contribution in [3.63, 3.8) is 0 Å². The Kier molecular flexibility index (Phi) is 27.0. The van der Waals surface area contributed by atoms with Gasteiger partial charge in [0, 0.05) is 54.7 Å². The molecule has 0 N–H and O–H groups in total. The van der Waals surface area contributed by atoms with Crippen molar-refractivity contribution in [2.45, 2.75) is 103 Å². The zero-order valence-electron chi connectivity index (χ0n) is 37.3. The van der Waals surface area contributed by atoms with Crippen LogP contribution >= 0.6 is 0 Å². The van der Waals surface area contributed by atoms with Crippen molar-refractivity contribution in [2.24, 2.45) is 11.8 Å². The normalized spacial score (nSPS) is 31.2. The highest BCUT2D eigenvalue weighted by Crippen LogP contribution is 2.24. The zero-order chi connectivity index (χ0) is 43.4. The Morgan fingerprint density at radius 3 is 1.90 bits per heavy atom. The summed E-state index contributed by atoms with van der Waals surface area (Å²) in [5.74, 6) is -0.486. The van der Waals surface area contributed by atoms with Gasteiger partial charge >= 0.3 is 5.97 Å². The van der Waals surface area contributed by atoms with Crippen LogP contribution in [0.3, 0.4) is 0 Å². The van der Waals surface area contributed by atoms with E-state index in [0.29, 0.717) is 12.5 Å². The van der Waals surface area contributed by atoms with Crippen LogP contribution < -0.4 is 0 Å². The first kappa shape index (κ1) is 51.9. The van der Waals surface area contributed by atoms with E-state index in [2.05, 4.69) is 26.0 Å². The van der Waals surface area contributed by atoms with Crippen molar-refractivity contribution in [1.29, 1.82) is 0 Å². The molecule has 1 aliphatic heterocycles. The van der Waals surface area contributed by atoms with E-state index in [1.54, 1.807) is 54.8 Å². The Balaban J connectivity index is 2.60. The average molecular weight is 829 g/mol. The summed E-state index contributed by atoms with van der Waals surface area (Å²) in [4.78, 5) is 13.5. The highest BCUT2D eigenvalue weighted by molar-refractivity contribution is 5.82. The van der Waals surface area contributed by atoms with Crippen LogP contribution in [0, 0.1) is 18.8 Å². The number of hydrogen-bond acceptors (Lipinski definition) is 12. The summed E-state index contributed by atoms with van der Waals surface area (Å²) in [6.45, 7) is 10.9. The molecule has 0 amide bonds. The molecule has 0 aliphatic carbocycles.